The average molecular weight is 358 g/mol. The van der Waals surface area contributed by atoms with E-state index in [4.69, 9.17) is 0 Å². The van der Waals surface area contributed by atoms with Gasteiger partial charge in [-0.25, -0.2) is 0 Å². The third-order valence-electron chi connectivity index (χ3n) is 4.27. The summed E-state index contributed by atoms with van der Waals surface area (Å²) in [5.74, 6) is 0. The number of aromatic nitrogens is 2. The zero-order valence-corrected chi connectivity index (χ0v) is 15.2. The van der Waals surface area contributed by atoms with E-state index in [1.165, 1.54) is 5.69 Å². The summed E-state index contributed by atoms with van der Waals surface area (Å²) in [6.07, 6.45) is 3.03. The molecule has 0 saturated carbocycles. The molecule has 1 fully saturated rings. The van der Waals surface area contributed by atoms with Crippen LogP contribution in [-0.2, 0) is 6.54 Å². The fraction of sp³-hybridized carbons (Fsp3) is 0.800. The van der Waals surface area contributed by atoms with Gasteiger partial charge in [-0.2, -0.15) is 5.10 Å². The Balaban J connectivity index is 2.31. The maximum atomic E-state index is 4.55. The van der Waals surface area contributed by atoms with Crippen LogP contribution >= 0.6 is 15.9 Å². The third-order valence-corrected chi connectivity index (χ3v) is 4.88. The van der Waals surface area contributed by atoms with E-state index < -0.39 is 0 Å². The molecule has 0 spiro atoms. The molecule has 6 heteroatoms. The number of hydrogen-bond acceptors (Lipinski definition) is 4. The lowest BCUT2D eigenvalue weighted by molar-refractivity contribution is 0.0854. The van der Waals surface area contributed by atoms with E-state index in [0.29, 0.717) is 12.1 Å². The molecule has 5 nitrogen and oxygen atoms in total. The number of nitrogens with zero attached hydrogens (tertiary/aromatic N) is 4. The van der Waals surface area contributed by atoms with Gasteiger partial charge in [0.1, 0.15) is 0 Å². The topological polar surface area (TPSA) is 36.3 Å². The highest BCUT2D eigenvalue weighted by molar-refractivity contribution is 9.10. The molecular formula is C15H28BrN5. The van der Waals surface area contributed by atoms with Crippen molar-refractivity contribution in [2.45, 2.75) is 38.9 Å². The first kappa shape index (κ1) is 16.9. The molecule has 2 heterocycles. The predicted octanol–water partition coefficient (Wildman–Crippen LogP) is 1.95. The summed E-state index contributed by atoms with van der Waals surface area (Å²) >= 11 is 3.70. The molecule has 21 heavy (non-hydrogen) atoms. The van der Waals surface area contributed by atoms with E-state index in [9.17, 15) is 0 Å². The number of piperazine rings is 1. The van der Waals surface area contributed by atoms with Gasteiger partial charge in [-0.1, -0.05) is 13.8 Å². The van der Waals surface area contributed by atoms with Crippen molar-refractivity contribution in [2.24, 2.45) is 0 Å². The lowest BCUT2D eigenvalue weighted by Crippen LogP contribution is -2.55. The number of aryl methyl sites for hydroxylation is 1. The second-order valence-electron chi connectivity index (χ2n) is 5.95. The Hall–Kier alpha value is -0.430. The third kappa shape index (κ3) is 3.86. The molecule has 2 atom stereocenters. The van der Waals surface area contributed by atoms with Crippen molar-refractivity contribution in [3.05, 3.63) is 16.4 Å². The van der Waals surface area contributed by atoms with Gasteiger partial charge in [0.25, 0.3) is 0 Å². The van der Waals surface area contributed by atoms with Crippen LogP contribution in [0.15, 0.2) is 10.7 Å². The van der Waals surface area contributed by atoms with Gasteiger partial charge >= 0.3 is 0 Å². The van der Waals surface area contributed by atoms with Crippen LogP contribution in [0.1, 0.15) is 32.0 Å². The van der Waals surface area contributed by atoms with Crippen molar-refractivity contribution in [3.8, 4) is 0 Å². The molecule has 1 aromatic heterocycles. The lowest BCUT2D eigenvalue weighted by atomic mass is 10.0. The molecule has 1 aliphatic heterocycles. The summed E-state index contributed by atoms with van der Waals surface area (Å²) in [5, 5.41) is 8.23. The molecule has 0 amide bonds. The Labute approximate surface area is 136 Å². The predicted molar refractivity (Wildman–Crippen MR) is 90.6 cm³/mol. The van der Waals surface area contributed by atoms with Crippen LogP contribution in [0.5, 0.6) is 0 Å². The quantitative estimate of drug-likeness (QED) is 0.844. The molecule has 1 aromatic rings. The Morgan fingerprint density at radius 2 is 2.14 bits per heavy atom. The lowest BCUT2D eigenvalue weighted by Gasteiger charge is -2.42. The van der Waals surface area contributed by atoms with Gasteiger partial charge in [-0.15, -0.1) is 0 Å². The number of likely N-dealkylation sites (N-methyl/N-ethyl adjacent to an activating group) is 3. The molecule has 120 valence electrons. The average Bonchev–Trinajstić information content (AvgIpc) is 2.81. The van der Waals surface area contributed by atoms with Crippen molar-refractivity contribution >= 4 is 15.9 Å². The standard InChI is InChI=1S/C15H28BrN5/c1-5-7-21-15(12(16)10-18-21)14(17-6-2)13-11-19(3)8-9-20(13)4/h10,13-14,17H,5-9,11H2,1-4H3. The minimum absolute atomic E-state index is 0.297. The van der Waals surface area contributed by atoms with E-state index in [1.54, 1.807) is 0 Å². The van der Waals surface area contributed by atoms with Gasteiger partial charge in [0.15, 0.2) is 0 Å². The molecule has 1 aliphatic rings. The van der Waals surface area contributed by atoms with Crippen molar-refractivity contribution in [1.29, 1.82) is 0 Å². The molecule has 0 radical (unpaired) electrons. The first-order chi connectivity index (χ1) is 10.1. The second-order valence-corrected chi connectivity index (χ2v) is 6.80. The van der Waals surface area contributed by atoms with Gasteiger partial charge in [-0.05, 0) is 43.0 Å². The van der Waals surface area contributed by atoms with Crippen LogP contribution in [0.25, 0.3) is 0 Å². The number of halogens is 1. The van der Waals surface area contributed by atoms with Crippen molar-refractivity contribution in [3.63, 3.8) is 0 Å². The van der Waals surface area contributed by atoms with E-state index in [1.807, 2.05) is 6.20 Å². The molecule has 1 saturated heterocycles. The van der Waals surface area contributed by atoms with E-state index >= 15 is 0 Å². The van der Waals surface area contributed by atoms with E-state index in [-0.39, 0.29) is 0 Å². The monoisotopic (exact) mass is 357 g/mol. The van der Waals surface area contributed by atoms with Crippen LogP contribution in [-0.4, -0.2) is 65.9 Å². The SMILES string of the molecule is CCCn1ncc(Br)c1C(NCC)C1CN(C)CCN1C. The summed E-state index contributed by atoms with van der Waals surface area (Å²) in [6.45, 7) is 9.63. The molecule has 2 unspecified atom stereocenters. The van der Waals surface area contributed by atoms with Crippen molar-refractivity contribution in [1.82, 2.24) is 24.9 Å². The molecular weight excluding hydrogens is 330 g/mol. The summed E-state index contributed by atoms with van der Waals surface area (Å²) in [6, 6.07) is 0.762. The number of hydrogen-bond donors (Lipinski definition) is 1. The van der Waals surface area contributed by atoms with Crippen molar-refractivity contribution < 1.29 is 0 Å². The fourth-order valence-corrected chi connectivity index (χ4v) is 3.65. The first-order valence-corrected chi connectivity index (χ1v) is 8.71. The first-order valence-electron chi connectivity index (χ1n) is 7.91. The Morgan fingerprint density at radius 3 is 2.81 bits per heavy atom. The normalized spacial score (nSPS) is 22.6. The molecule has 2 rings (SSSR count). The Morgan fingerprint density at radius 1 is 1.38 bits per heavy atom. The number of rotatable bonds is 6. The van der Waals surface area contributed by atoms with E-state index in [0.717, 1.165) is 43.6 Å². The molecule has 0 bridgehead atoms. The summed E-state index contributed by atoms with van der Waals surface area (Å²) in [5.41, 5.74) is 1.28. The van der Waals surface area contributed by atoms with Crippen LogP contribution in [0.2, 0.25) is 0 Å². The molecule has 0 aliphatic carbocycles. The van der Waals surface area contributed by atoms with Gasteiger partial charge in [-0.3, -0.25) is 9.58 Å². The molecule has 1 N–H and O–H groups in total. The maximum absolute atomic E-state index is 4.55. The highest BCUT2D eigenvalue weighted by Gasteiger charge is 2.33. The fourth-order valence-electron chi connectivity index (χ4n) is 3.11. The van der Waals surface area contributed by atoms with Gasteiger partial charge in [0.05, 0.1) is 22.4 Å². The van der Waals surface area contributed by atoms with Crippen LogP contribution in [0.3, 0.4) is 0 Å². The highest BCUT2D eigenvalue weighted by atomic mass is 79.9. The summed E-state index contributed by atoms with van der Waals surface area (Å²) < 4.78 is 3.27. The largest absolute Gasteiger partial charge is 0.308 e. The van der Waals surface area contributed by atoms with E-state index in [2.05, 4.69) is 68.8 Å². The van der Waals surface area contributed by atoms with Gasteiger partial charge in [0, 0.05) is 32.2 Å². The summed E-state index contributed by atoms with van der Waals surface area (Å²) in [4.78, 5) is 4.90. The number of nitrogens with one attached hydrogen (secondary N) is 1. The minimum Gasteiger partial charge on any atom is -0.308 e. The highest BCUT2D eigenvalue weighted by Crippen LogP contribution is 2.29. The zero-order valence-electron chi connectivity index (χ0n) is 13.6. The van der Waals surface area contributed by atoms with Crippen LogP contribution in [0.4, 0.5) is 0 Å². The maximum Gasteiger partial charge on any atom is 0.0712 e. The second kappa shape index (κ2) is 7.72. The van der Waals surface area contributed by atoms with Crippen LogP contribution < -0.4 is 5.32 Å². The zero-order chi connectivity index (χ0) is 15.4. The van der Waals surface area contributed by atoms with Crippen LogP contribution in [0, 0.1) is 0 Å². The van der Waals surface area contributed by atoms with Gasteiger partial charge < -0.3 is 10.2 Å². The Kier molecular flexibility index (Phi) is 6.22. The Bertz CT molecular complexity index is 447. The van der Waals surface area contributed by atoms with Crippen molar-refractivity contribution in [2.75, 3.05) is 40.3 Å². The summed E-state index contributed by atoms with van der Waals surface area (Å²) in [7, 11) is 4.44. The minimum atomic E-state index is 0.297. The molecule has 0 aromatic carbocycles. The smallest absolute Gasteiger partial charge is 0.0712 e. The van der Waals surface area contributed by atoms with Gasteiger partial charge in [0.2, 0.25) is 0 Å².